The van der Waals surface area contributed by atoms with Crippen LogP contribution in [0.3, 0.4) is 0 Å². The topological polar surface area (TPSA) is 79.7 Å². The van der Waals surface area contributed by atoms with E-state index in [0.29, 0.717) is 12.0 Å². The van der Waals surface area contributed by atoms with Gasteiger partial charge in [-0.2, -0.15) is 0 Å². The molecule has 0 saturated carbocycles. The fourth-order valence-corrected chi connectivity index (χ4v) is 3.41. The van der Waals surface area contributed by atoms with Crippen molar-refractivity contribution in [1.29, 1.82) is 0 Å². The number of hydrogen-bond donors (Lipinski definition) is 1. The Labute approximate surface area is 165 Å². The molecule has 1 aliphatic rings. The zero-order valence-electron chi connectivity index (χ0n) is 16.5. The Kier molecular flexibility index (Phi) is 5.14. The van der Waals surface area contributed by atoms with Crippen molar-refractivity contribution in [3.63, 3.8) is 0 Å². The molecule has 4 rings (SSSR count). The predicted octanol–water partition coefficient (Wildman–Crippen LogP) is 3.45. The first-order chi connectivity index (χ1) is 13.6. The molecule has 0 spiro atoms. The minimum atomic E-state index is 0.306. The smallest absolute Gasteiger partial charge is 0.225 e. The summed E-state index contributed by atoms with van der Waals surface area (Å²) in [4.78, 5) is 24.7. The second-order valence-electron chi connectivity index (χ2n) is 7.44. The molecule has 0 bridgehead atoms. The van der Waals surface area contributed by atoms with Crippen LogP contribution >= 0.6 is 0 Å². The zero-order valence-corrected chi connectivity index (χ0v) is 16.5. The lowest BCUT2D eigenvalue weighted by atomic mass is 10.1. The molecular formula is C21H25N7. The Morgan fingerprint density at radius 1 is 1.14 bits per heavy atom. The maximum Gasteiger partial charge on any atom is 0.225 e. The Morgan fingerprint density at radius 3 is 2.82 bits per heavy atom. The van der Waals surface area contributed by atoms with Gasteiger partial charge in [-0.25, -0.2) is 19.9 Å². The first-order valence-corrected chi connectivity index (χ1v) is 9.69. The number of hydrogen-bond acceptors (Lipinski definition) is 7. The van der Waals surface area contributed by atoms with Crippen LogP contribution in [0.2, 0.25) is 0 Å². The highest BCUT2D eigenvalue weighted by atomic mass is 15.3. The highest BCUT2D eigenvalue weighted by Crippen LogP contribution is 2.23. The van der Waals surface area contributed by atoms with Gasteiger partial charge in [-0.05, 0) is 37.5 Å². The van der Waals surface area contributed by atoms with Gasteiger partial charge in [-0.15, -0.1) is 0 Å². The summed E-state index contributed by atoms with van der Waals surface area (Å²) in [6, 6.07) is 8.21. The first kappa shape index (κ1) is 18.3. The van der Waals surface area contributed by atoms with E-state index in [1.807, 2.05) is 37.5 Å². The number of nitrogens with one attached hydrogen (secondary N) is 1. The van der Waals surface area contributed by atoms with Crippen LogP contribution in [0.15, 0.2) is 42.9 Å². The van der Waals surface area contributed by atoms with Crippen LogP contribution in [-0.2, 0) is 0 Å². The molecule has 144 valence electrons. The maximum absolute atomic E-state index is 4.74. The van der Waals surface area contributed by atoms with Gasteiger partial charge in [0.2, 0.25) is 5.95 Å². The molecule has 1 fully saturated rings. The zero-order chi connectivity index (χ0) is 19.5. The summed E-state index contributed by atoms with van der Waals surface area (Å²) in [5.74, 6) is 2.84. The number of pyridine rings is 1. The summed E-state index contributed by atoms with van der Waals surface area (Å²) in [5.41, 5.74) is 2.96. The summed E-state index contributed by atoms with van der Waals surface area (Å²) >= 11 is 0. The number of aromatic nitrogens is 5. The number of nitrogens with zero attached hydrogens (tertiary/aromatic N) is 6. The molecule has 3 aromatic heterocycles. The predicted molar refractivity (Wildman–Crippen MR) is 110 cm³/mol. The van der Waals surface area contributed by atoms with E-state index in [-0.39, 0.29) is 0 Å². The molecule has 1 atom stereocenters. The lowest BCUT2D eigenvalue weighted by molar-refractivity contribution is 0.776. The number of anilines is 2. The molecule has 7 nitrogen and oxygen atoms in total. The normalized spacial score (nSPS) is 16.6. The van der Waals surface area contributed by atoms with E-state index in [1.165, 1.54) is 0 Å². The monoisotopic (exact) mass is 375 g/mol. The van der Waals surface area contributed by atoms with Crippen LogP contribution in [-0.4, -0.2) is 44.1 Å². The van der Waals surface area contributed by atoms with E-state index in [1.54, 1.807) is 6.20 Å². The Balaban J connectivity index is 1.46. The largest absolute Gasteiger partial charge is 0.365 e. The van der Waals surface area contributed by atoms with Crippen LogP contribution in [0.4, 0.5) is 11.8 Å². The quantitative estimate of drug-likeness (QED) is 0.731. The molecule has 1 saturated heterocycles. The average molecular weight is 375 g/mol. The van der Waals surface area contributed by atoms with Crippen molar-refractivity contribution >= 4 is 11.8 Å². The molecule has 0 aliphatic carbocycles. The molecule has 4 heterocycles. The van der Waals surface area contributed by atoms with Crippen LogP contribution < -0.4 is 10.2 Å². The molecule has 3 aromatic rings. The second-order valence-corrected chi connectivity index (χ2v) is 7.44. The van der Waals surface area contributed by atoms with Gasteiger partial charge < -0.3 is 10.2 Å². The SMILES string of the molecule is Cc1nc(NC2CCN(c3nccc(-c4cccnc4)n3)C2)cc(C(C)C)n1. The summed E-state index contributed by atoms with van der Waals surface area (Å²) in [5, 5.41) is 3.56. The van der Waals surface area contributed by atoms with Gasteiger partial charge in [0.15, 0.2) is 0 Å². The fraction of sp³-hybridized carbons (Fsp3) is 0.381. The van der Waals surface area contributed by atoms with Crippen LogP contribution in [0.5, 0.6) is 0 Å². The van der Waals surface area contributed by atoms with E-state index in [2.05, 4.69) is 50.1 Å². The minimum Gasteiger partial charge on any atom is -0.365 e. The summed E-state index contributed by atoms with van der Waals surface area (Å²) < 4.78 is 0. The van der Waals surface area contributed by atoms with Gasteiger partial charge in [0, 0.05) is 55.0 Å². The average Bonchev–Trinajstić information content (AvgIpc) is 3.17. The molecule has 7 heteroatoms. The summed E-state index contributed by atoms with van der Waals surface area (Å²) in [6.07, 6.45) is 6.42. The molecule has 1 aliphatic heterocycles. The van der Waals surface area contributed by atoms with Crippen molar-refractivity contribution in [3.05, 3.63) is 54.4 Å². The van der Waals surface area contributed by atoms with Crippen molar-refractivity contribution in [2.24, 2.45) is 0 Å². The molecule has 0 aromatic carbocycles. The lowest BCUT2D eigenvalue weighted by Crippen LogP contribution is -2.27. The maximum atomic E-state index is 4.74. The van der Waals surface area contributed by atoms with Crippen molar-refractivity contribution in [3.8, 4) is 11.3 Å². The van der Waals surface area contributed by atoms with Gasteiger partial charge in [0.05, 0.1) is 5.69 Å². The van der Waals surface area contributed by atoms with E-state index >= 15 is 0 Å². The van der Waals surface area contributed by atoms with Crippen LogP contribution in [0.1, 0.15) is 37.7 Å². The summed E-state index contributed by atoms with van der Waals surface area (Å²) in [6.45, 7) is 7.99. The Bertz CT molecular complexity index is 942. The summed E-state index contributed by atoms with van der Waals surface area (Å²) in [7, 11) is 0. The van der Waals surface area contributed by atoms with Crippen molar-refractivity contribution < 1.29 is 0 Å². The Morgan fingerprint density at radius 2 is 2.04 bits per heavy atom. The first-order valence-electron chi connectivity index (χ1n) is 9.69. The molecule has 28 heavy (non-hydrogen) atoms. The van der Waals surface area contributed by atoms with Crippen LogP contribution in [0.25, 0.3) is 11.3 Å². The third kappa shape index (κ3) is 4.08. The van der Waals surface area contributed by atoms with E-state index in [9.17, 15) is 0 Å². The van der Waals surface area contributed by atoms with Gasteiger partial charge in [0.1, 0.15) is 11.6 Å². The highest BCUT2D eigenvalue weighted by molar-refractivity contribution is 5.59. The lowest BCUT2D eigenvalue weighted by Gasteiger charge is -2.18. The van der Waals surface area contributed by atoms with Crippen molar-refractivity contribution in [2.45, 2.75) is 39.2 Å². The molecule has 0 amide bonds. The van der Waals surface area contributed by atoms with Crippen LogP contribution in [0, 0.1) is 6.92 Å². The fourth-order valence-electron chi connectivity index (χ4n) is 3.41. The van der Waals surface area contributed by atoms with E-state index < -0.39 is 0 Å². The van der Waals surface area contributed by atoms with Gasteiger partial charge in [0.25, 0.3) is 0 Å². The second kappa shape index (κ2) is 7.88. The third-order valence-electron chi connectivity index (χ3n) is 4.87. The molecular weight excluding hydrogens is 350 g/mol. The van der Waals surface area contributed by atoms with Gasteiger partial charge in [-0.1, -0.05) is 13.8 Å². The van der Waals surface area contributed by atoms with Gasteiger partial charge in [-0.3, -0.25) is 4.98 Å². The number of aryl methyl sites for hydroxylation is 1. The number of rotatable bonds is 5. The Hall–Kier alpha value is -3.09. The van der Waals surface area contributed by atoms with Crippen molar-refractivity contribution in [2.75, 3.05) is 23.3 Å². The van der Waals surface area contributed by atoms with E-state index in [0.717, 1.165) is 54.1 Å². The minimum absolute atomic E-state index is 0.306. The van der Waals surface area contributed by atoms with E-state index in [4.69, 9.17) is 4.98 Å². The third-order valence-corrected chi connectivity index (χ3v) is 4.87. The van der Waals surface area contributed by atoms with Gasteiger partial charge >= 0.3 is 0 Å². The standard InChI is InChI=1S/C21H25N7/c1-14(2)19-11-20(25-15(3)24-19)26-17-7-10-28(13-17)21-23-9-6-18(27-21)16-5-4-8-22-12-16/h4-6,8-9,11-12,14,17H,7,10,13H2,1-3H3,(H,24,25,26). The molecule has 1 unspecified atom stereocenters. The van der Waals surface area contributed by atoms with Crippen molar-refractivity contribution in [1.82, 2.24) is 24.9 Å². The highest BCUT2D eigenvalue weighted by Gasteiger charge is 2.25. The molecule has 0 radical (unpaired) electrons. The molecule has 1 N–H and O–H groups in total.